The summed E-state index contributed by atoms with van der Waals surface area (Å²) in [6, 6.07) is 6.11. The molecule has 0 aromatic carbocycles. The van der Waals surface area contributed by atoms with Crippen molar-refractivity contribution in [2.75, 3.05) is 30.2 Å². The van der Waals surface area contributed by atoms with Gasteiger partial charge in [0.2, 0.25) is 5.91 Å². The number of piperidine rings is 1. The highest BCUT2D eigenvalue weighted by Crippen LogP contribution is 2.30. The molecule has 9 heteroatoms. The van der Waals surface area contributed by atoms with Crippen LogP contribution in [-0.4, -0.2) is 40.9 Å². The number of aromatic nitrogens is 2. The smallest absolute Gasteiger partial charge is 0.229 e. The molecule has 0 spiro atoms. The summed E-state index contributed by atoms with van der Waals surface area (Å²) in [4.78, 5) is 23.6. The second-order valence-electron chi connectivity index (χ2n) is 6.27. The number of fused-ring (bicyclic) bond motifs is 1. The van der Waals surface area contributed by atoms with Crippen molar-refractivity contribution in [1.82, 2.24) is 14.9 Å². The zero-order valence-corrected chi connectivity index (χ0v) is 16.7. The number of carbonyl (C=O) groups excluding carboxylic acids is 1. The molecule has 1 aliphatic heterocycles. The molecule has 0 atom stereocenters. The van der Waals surface area contributed by atoms with E-state index in [9.17, 15) is 4.79 Å². The van der Waals surface area contributed by atoms with Gasteiger partial charge in [0.25, 0.3) is 0 Å². The Morgan fingerprint density at radius 3 is 3.00 bits per heavy atom. The number of amides is 1. The summed E-state index contributed by atoms with van der Waals surface area (Å²) < 4.78 is 5.45. The highest BCUT2D eigenvalue weighted by Gasteiger charge is 2.24. The van der Waals surface area contributed by atoms with Crippen molar-refractivity contribution >= 4 is 61.7 Å². The quantitative estimate of drug-likeness (QED) is 0.622. The lowest BCUT2D eigenvalue weighted by Crippen LogP contribution is -2.35. The molecule has 0 saturated carbocycles. The lowest BCUT2D eigenvalue weighted by Gasteiger charge is -2.27. The fourth-order valence-electron chi connectivity index (χ4n) is 2.84. The highest BCUT2D eigenvalue weighted by molar-refractivity contribution is 8.02. The number of likely N-dealkylation sites (tertiary alicyclic amines) is 1. The Kier molecular flexibility index (Phi) is 5.39. The van der Waals surface area contributed by atoms with Crippen molar-refractivity contribution in [3.8, 4) is 0 Å². The van der Waals surface area contributed by atoms with Crippen LogP contribution in [0.25, 0.3) is 10.3 Å². The van der Waals surface area contributed by atoms with Crippen LogP contribution >= 0.6 is 34.6 Å². The molecule has 1 fully saturated rings. The zero-order valence-electron chi connectivity index (χ0n) is 14.3. The Morgan fingerprint density at radius 1 is 1.38 bits per heavy atom. The third-order valence-corrected chi connectivity index (χ3v) is 7.11. The van der Waals surface area contributed by atoms with Crippen LogP contribution in [0.3, 0.4) is 0 Å². The van der Waals surface area contributed by atoms with E-state index in [-0.39, 0.29) is 11.8 Å². The maximum Gasteiger partial charge on any atom is 0.229 e. The summed E-state index contributed by atoms with van der Waals surface area (Å²) in [5.74, 6) is 0.148. The number of hydrogen-bond acceptors (Lipinski definition) is 8. The molecule has 1 amide bonds. The molecule has 0 radical (unpaired) electrons. The van der Waals surface area contributed by atoms with Gasteiger partial charge in [0, 0.05) is 5.92 Å². The predicted octanol–water partition coefficient (Wildman–Crippen LogP) is 4.15. The number of thiophene rings is 1. The first-order valence-electron chi connectivity index (χ1n) is 8.40. The molecule has 26 heavy (non-hydrogen) atoms. The molecule has 4 rings (SSSR count). The number of nitrogens with one attached hydrogen (secondary N) is 2. The molecule has 0 bridgehead atoms. The molecule has 1 aliphatic rings. The lowest BCUT2D eigenvalue weighted by molar-refractivity contribution is -0.121. The maximum absolute atomic E-state index is 12.5. The van der Waals surface area contributed by atoms with E-state index in [0.29, 0.717) is 10.8 Å². The molecule has 3 aromatic heterocycles. The number of rotatable bonds is 5. The SMILES string of the molecule is CN1CCC(C(=O)Nc2nc3ncc(NSc4cccs4)cc3s2)CC1. The standard InChI is InChI=1S/C17H19N5OS3/c1-22-6-4-11(5-7-22)16(23)20-17-19-15-13(25-17)9-12(10-18-15)21-26-14-3-2-8-24-14/h2-3,8-11,21H,4-7H2,1H3,(H,18,19,20,23). The summed E-state index contributed by atoms with van der Waals surface area (Å²) in [7, 11) is 2.09. The van der Waals surface area contributed by atoms with Crippen molar-refractivity contribution in [3.05, 3.63) is 29.8 Å². The Bertz CT molecular complexity index is 887. The zero-order chi connectivity index (χ0) is 17.9. The van der Waals surface area contributed by atoms with Crippen LogP contribution in [0.15, 0.2) is 34.0 Å². The van der Waals surface area contributed by atoms with Crippen molar-refractivity contribution in [1.29, 1.82) is 0 Å². The van der Waals surface area contributed by atoms with Crippen molar-refractivity contribution in [3.63, 3.8) is 0 Å². The van der Waals surface area contributed by atoms with Crippen LogP contribution in [0, 0.1) is 5.92 Å². The van der Waals surface area contributed by atoms with Gasteiger partial charge >= 0.3 is 0 Å². The van der Waals surface area contributed by atoms with Gasteiger partial charge in [-0.25, -0.2) is 4.98 Å². The number of anilines is 2. The summed E-state index contributed by atoms with van der Waals surface area (Å²) in [5.41, 5.74) is 1.59. The van der Waals surface area contributed by atoms with Crippen molar-refractivity contribution < 1.29 is 4.79 Å². The number of carbonyl (C=O) groups is 1. The molecule has 1 saturated heterocycles. The van der Waals surface area contributed by atoms with Crippen LogP contribution < -0.4 is 10.0 Å². The average molecular weight is 406 g/mol. The van der Waals surface area contributed by atoms with E-state index in [0.717, 1.165) is 36.3 Å². The summed E-state index contributed by atoms with van der Waals surface area (Å²) in [6.07, 6.45) is 3.57. The number of thiazole rings is 1. The summed E-state index contributed by atoms with van der Waals surface area (Å²) in [5, 5.41) is 5.65. The first-order chi connectivity index (χ1) is 12.7. The van der Waals surface area contributed by atoms with Crippen LogP contribution in [0.1, 0.15) is 12.8 Å². The molecule has 2 N–H and O–H groups in total. The van der Waals surface area contributed by atoms with Gasteiger partial charge in [-0.05, 0) is 62.4 Å². The molecule has 3 aromatic rings. The van der Waals surface area contributed by atoms with Crippen molar-refractivity contribution in [2.24, 2.45) is 5.92 Å². The molecular formula is C17H19N5OS3. The second kappa shape index (κ2) is 7.91. The van der Waals surface area contributed by atoms with E-state index < -0.39 is 0 Å². The Hall–Kier alpha value is -1.68. The van der Waals surface area contributed by atoms with Crippen LogP contribution in [-0.2, 0) is 4.79 Å². The minimum atomic E-state index is 0.0729. The number of pyridine rings is 1. The van der Waals surface area contributed by atoms with E-state index >= 15 is 0 Å². The number of hydrogen-bond donors (Lipinski definition) is 2. The third-order valence-electron chi connectivity index (χ3n) is 4.33. The van der Waals surface area contributed by atoms with Crippen LogP contribution in [0.2, 0.25) is 0 Å². The van der Waals surface area contributed by atoms with Gasteiger partial charge in [-0.2, -0.15) is 4.98 Å². The van der Waals surface area contributed by atoms with E-state index in [1.54, 1.807) is 29.5 Å². The molecule has 136 valence electrons. The normalized spacial score (nSPS) is 16.0. The van der Waals surface area contributed by atoms with Gasteiger partial charge in [0.1, 0.15) is 0 Å². The first kappa shape index (κ1) is 17.7. The fraction of sp³-hybridized carbons (Fsp3) is 0.353. The Balaban J connectivity index is 1.41. The maximum atomic E-state index is 12.5. The third kappa shape index (κ3) is 4.17. The van der Waals surface area contributed by atoms with E-state index in [2.05, 4.69) is 38.0 Å². The van der Waals surface area contributed by atoms with Gasteiger partial charge in [0.15, 0.2) is 10.8 Å². The van der Waals surface area contributed by atoms with Gasteiger partial charge in [0.05, 0.1) is 20.8 Å². The summed E-state index contributed by atoms with van der Waals surface area (Å²) >= 11 is 4.72. The van der Waals surface area contributed by atoms with Gasteiger partial charge < -0.3 is 14.9 Å². The van der Waals surface area contributed by atoms with E-state index in [1.165, 1.54) is 15.5 Å². The molecule has 0 aliphatic carbocycles. The van der Waals surface area contributed by atoms with E-state index in [1.807, 2.05) is 17.5 Å². The molecule has 4 heterocycles. The monoisotopic (exact) mass is 405 g/mol. The Morgan fingerprint density at radius 2 is 2.23 bits per heavy atom. The Labute approximate surface area is 164 Å². The lowest BCUT2D eigenvalue weighted by atomic mass is 9.96. The van der Waals surface area contributed by atoms with Gasteiger partial charge in [-0.3, -0.25) is 4.79 Å². The van der Waals surface area contributed by atoms with Crippen molar-refractivity contribution in [2.45, 2.75) is 17.1 Å². The average Bonchev–Trinajstić information content (AvgIpc) is 3.29. The topological polar surface area (TPSA) is 70.2 Å². The number of nitrogens with zero attached hydrogens (tertiary/aromatic N) is 3. The summed E-state index contributed by atoms with van der Waals surface area (Å²) in [6.45, 7) is 1.94. The second-order valence-corrected chi connectivity index (χ2v) is 9.35. The van der Waals surface area contributed by atoms with Gasteiger partial charge in [-0.1, -0.05) is 17.4 Å². The minimum absolute atomic E-state index is 0.0729. The minimum Gasteiger partial charge on any atom is -0.324 e. The van der Waals surface area contributed by atoms with Gasteiger partial charge in [-0.15, -0.1) is 11.3 Å². The first-order valence-corrected chi connectivity index (χ1v) is 10.9. The largest absolute Gasteiger partial charge is 0.324 e. The molecule has 6 nitrogen and oxygen atoms in total. The van der Waals surface area contributed by atoms with Crippen LogP contribution in [0.4, 0.5) is 10.8 Å². The predicted molar refractivity (Wildman–Crippen MR) is 110 cm³/mol. The fourth-order valence-corrected chi connectivity index (χ4v) is 5.11. The van der Waals surface area contributed by atoms with E-state index in [4.69, 9.17) is 0 Å². The molecular weight excluding hydrogens is 386 g/mol. The molecule has 0 unspecified atom stereocenters. The van der Waals surface area contributed by atoms with Crippen LogP contribution in [0.5, 0.6) is 0 Å². The highest BCUT2D eigenvalue weighted by atomic mass is 32.2.